The maximum atomic E-state index is 11.3. The topological polar surface area (TPSA) is 38.3 Å². The van der Waals surface area contributed by atoms with Gasteiger partial charge in [0.1, 0.15) is 6.61 Å². The Morgan fingerprint density at radius 2 is 2.36 bits per heavy atom. The van der Waals surface area contributed by atoms with Crippen molar-refractivity contribution in [1.29, 1.82) is 0 Å². The molecule has 14 heavy (non-hydrogen) atoms. The minimum Gasteiger partial charge on any atom is -0.372 e. The Labute approximate surface area is 90.0 Å². The number of thioether (sulfide) groups is 1. The molecule has 4 heteroatoms. The van der Waals surface area contributed by atoms with Crippen LogP contribution in [-0.4, -0.2) is 36.7 Å². The monoisotopic (exact) mass is 217 g/mol. The lowest BCUT2D eigenvalue weighted by Gasteiger charge is -2.12. The quantitative estimate of drug-likeness (QED) is 0.757. The van der Waals surface area contributed by atoms with Crippen molar-refractivity contribution >= 4 is 17.7 Å². The van der Waals surface area contributed by atoms with Gasteiger partial charge >= 0.3 is 0 Å². The van der Waals surface area contributed by atoms with E-state index in [2.05, 4.69) is 11.6 Å². The summed E-state index contributed by atoms with van der Waals surface area (Å²) < 4.78 is 5.04. The molecule has 1 rings (SSSR count). The molecule has 0 aromatic rings. The Morgan fingerprint density at radius 1 is 1.57 bits per heavy atom. The maximum absolute atomic E-state index is 11.3. The van der Waals surface area contributed by atoms with Gasteiger partial charge in [0.15, 0.2) is 0 Å². The molecule has 0 radical (unpaired) electrons. The number of hydrogen-bond donors (Lipinski definition) is 1. The summed E-state index contributed by atoms with van der Waals surface area (Å²) in [7, 11) is 0. The van der Waals surface area contributed by atoms with Gasteiger partial charge in [-0.2, -0.15) is 11.8 Å². The van der Waals surface area contributed by atoms with Gasteiger partial charge < -0.3 is 10.1 Å². The lowest BCUT2D eigenvalue weighted by Crippen LogP contribution is -2.35. The van der Waals surface area contributed by atoms with Crippen molar-refractivity contribution in [3.05, 3.63) is 0 Å². The van der Waals surface area contributed by atoms with Crippen molar-refractivity contribution in [3.8, 4) is 0 Å². The van der Waals surface area contributed by atoms with Crippen LogP contribution in [0.25, 0.3) is 0 Å². The Kier molecular flexibility index (Phi) is 5.33. The fourth-order valence-electron chi connectivity index (χ4n) is 1.75. The minimum absolute atomic E-state index is 0.0265. The number of rotatable bonds is 5. The Bertz CT molecular complexity index is 187. The first-order chi connectivity index (χ1) is 6.76. The first kappa shape index (κ1) is 11.9. The predicted octanol–water partition coefficient (Wildman–Crippen LogP) is 1.42. The van der Waals surface area contributed by atoms with Gasteiger partial charge in [-0.25, -0.2) is 0 Å². The number of ether oxygens (including phenoxy) is 1. The van der Waals surface area contributed by atoms with E-state index in [0.29, 0.717) is 12.6 Å². The molecule has 82 valence electrons. The minimum atomic E-state index is 0.0265. The van der Waals surface area contributed by atoms with Crippen LogP contribution in [0.5, 0.6) is 0 Å². The van der Waals surface area contributed by atoms with Gasteiger partial charge in [0, 0.05) is 17.9 Å². The fraction of sp³-hybridized carbons (Fsp3) is 0.900. The standard InChI is InChI=1S/C10H19NO2S/c1-3-13-7-10(12)11-8-4-5-9(6-8)14-2/h8-9H,3-7H2,1-2H3,(H,11,12). The van der Waals surface area contributed by atoms with E-state index in [1.807, 2.05) is 18.7 Å². The Hall–Kier alpha value is -0.220. The summed E-state index contributed by atoms with van der Waals surface area (Å²) in [6.45, 7) is 2.70. The number of nitrogens with one attached hydrogen (secondary N) is 1. The van der Waals surface area contributed by atoms with Crippen molar-refractivity contribution in [2.75, 3.05) is 19.5 Å². The summed E-state index contributed by atoms with van der Waals surface area (Å²) in [5, 5.41) is 3.73. The van der Waals surface area contributed by atoms with Gasteiger partial charge in [-0.15, -0.1) is 0 Å². The van der Waals surface area contributed by atoms with Gasteiger partial charge in [-0.3, -0.25) is 4.79 Å². The first-order valence-electron chi connectivity index (χ1n) is 5.16. The molecule has 1 amide bonds. The first-order valence-corrected chi connectivity index (χ1v) is 6.45. The molecule has 1 aliphatic rings. The molecule has 0 saturated heterocycles. The Balaban J connectivity index is 2.15. The van der Waals surface area contributed by atoms with E-state index < -0.39 is 0 Å². The molecule has 1 saturated carbocycles. The summed E-state index contributed by atoms with van der Waals surface area (Å²) in [6.07, 6.45) is 5.58. The zero-order chi connectivity index (χ0) is 10.4. The summed E-state index contributed by atoms with van der Waals surface area (Å²) in [6, 6.07) is 0.375. The van der Waals surface area contributed by atoms with Crippen LogP contribution in [0.3, 0.4) is 0 Å². The third-order valence-electron chi connectivity index (χ3n) is 2.52. The highest BCUT2D eigenvalue weighted by Crippen LogP contribution is 2.27. The van der Waals surface area contributed by atoms with Gasteiger partial charge in [-0.1, -0.05) is 0 Å². The van der Waals surface area contributed by atoms with Gasteiger partial charge in [0.25, 0.3) is 0 Å². The molecule has 0 spiro atoms. The van der Waals surface area contributed by atoms with Crippen LogP contribution >= 0.6 is 11.8 Å². The second-order valence-corrected chi connectivity index (χ2v) is 4.71. The molecule has 1 aliphatic carbocycles. The molecular weight excluding hydrogens is 198 g/mol. The average Bonchev–Trinajstić information content (AvgIpc) is 2.62. The molecule has 2 unspecified atom stereocenters. The zero-order valence-corrected chi connectivity index (χ0v) is 9.73. The van der Waals surface area contributed by atoms with E-state index in [1.165, 1.54) is 6.42 Å². The van der Waals surface area contributed by atoms with Crippen molar-refractivity contribution in [1.82, 2.24) is 5.32 Å². The number of amides is 1. The summed E-state index contributed by atoms with van der Waals surface area (Å²) in [5.74, 6) is 0.0265. The van der Waals surface area contributed by atoms with Crippen LogP contribution in [0.15, 0.2) is 0 Å². The summed E-state index contributed by atoms with van der Waals surface area (Å²) in [5.41, 5.74) is 0. The van der Waals surface area contributed by atoms with Crippen LogP contribution < -0.4 is 5.32 Å². The van der Waals surface area contributed by atoms with E-state index in [-0.39, 0.29) is 12.5 Å². The van der Waals surface area contributed by atoms with Crippen LogP contribution in [0.2, 0.25) is 0 Å². The molecule has 0 aliphatic heterocycles. The fourth-order valence-corrected chi connectivity index (χ4v) is 2.55. The van der Waals surface area contributed by atoms with Crippen molar-refractivity contribution in [2.24, 2.45) is 0 Å². The molecule has 3 nitrogen and oxygen atoms in total. The van der Waals surface area contributed by atoms with Crippen molar-refractivity contribution in [3.63, 3.8) is 0 Å². The summed E-state index contributed by atoms with van der Waals surface area (Å²) in [4.78, 5) is 11.3. The number of hydrogen-bond acceptors (Lipinski definition) is 3. The highest BCUT2D eigenvalue weighted by Gasteiger charge is 2.24. The Morgan fingerprint density at radius 3 is 2.93 bits per heavy atom. The highest BCUT2D eigenvalue weighted by atomic mass is 32.2. The number of carbonyl (C=O) groups excluding carboxylic acids is 1. The van der Waals surface area contributed by atoms with Crippen molar-refractivity contribution in [2.45, 2.75) is 37.5 Å². The van der Waals surface area contributed by atoms with Crippen molar-refractivity contribution < 1.29 is 9.53 Å². The van der Waals surface area contributed by atoms with E-state index in [4.69, 9.17) is 4.74 Å². The third kappa shape index (κ3) is 3.88. The lowest BCUT2D eigenvalue weighted by molar-refractivity contribution is -0.126. The molecule has 1 N–H and O–H groups in total. The molecule has 0 aromatic heterocycles. The maximum Gasteiger partial charge on any atom is 0.246 e. The van der Waals surface area contributed by atoms with Crippen LogP contribution in [0.4, 0.5) is 0 Å². The van der Waals surface area contributed by atoms with Crippen LogP contribution in [0, 0.1) is 0 Å². The molecule has 0 aromatic carbocycles. The van der Waals surface area contributed by atoms with E-state index in [9.17, 15) is 4.79 Å². The van der Waals surface area contributed by atoms with Gasteiger partial charge in [-0.05, 0) is 32.4 Å². The largest absolute Gasteiger partial charge is 0.372 e. The van der Waals surface area contributed by atoms with E-state index in [1.54, 1.807) is 0 Å². The van der Waals surface area contributed by atoms with E-state index in [0.717, 1.165) is 18.1 Å². The summed E-state index contributed by atoms with van der Waals surface area (Å²) >= 11 is 1.90. The lowest BCUT2D eigenvalue weighted by atomic mass is 10.2. The smallest absolute Gasteiger partial charge is 0.246 e. The normalized spacial score (nSPS) is 26.4. The van der Waals surface area contributed by atoms with Crippen LogP contribution in [0.1, 0.15) is 26.2 Å². The second kappa shape index (κ2) is 6.30. The van der Waals surface area contributed by atoms with Gasteiger partial charge in [0.05, 0.1) is 0 Å². The second-order valence-electron chi connectivity index (χ2n) is 3.57. The SMILES string of the molecule is CCOCC(=O)NC1CCC(SC)C1. The molecule has 1 fully saturated rings. The third-order valence-corrected chi connectivity index (χ3v) is 3.62. The molecular formula is C10H19NO2S. The molecule has 0 bridgehead atoms. The molecule has 2 atom stereocenters. The number of carbonyl (C=O) groups is 1. The zero-order valence-electron chi connectivity index (χ0n) is 8.91. The average molecular weight is 217 g/mol. The predicted molar refractivity (Wildman–Crippen MR) is 59.6 cm³/mol. The van der Waals surface area contributed by atoms with Crippen LogP contribution in [-0.2, 0) is 9.53 Å². The highest BCUT2D eigenvalue weighted by molar-refractivity contribution is 7.99. The van der Waals surface area contributed by atoms with Gasteiger partial charge in [0.2, 0.25) is 5.91 Å². The molecule has 0 heterocycles. The van der Waals surface area contributed by atoms with E-state index >= 15 is 0 Å².